The van der Waals surface area contributed by atoms with Crippen LogP contribution in [0.5, 0.6) is 0 Å². The van der Waals surface area contributed by atoms with Gasteiger partial charge in [0.05, 0.1) is 18.7 Å². The largest absolute Gasteiger partial charge is 0.496 e. The van der Waals surface area contributed by atoms with Crippen molar-refractivity contribution in [1.29, 1.82) is 0 Å². The maximum Gasteiger partial charge on any atom is 0.251 e. The number of allylic oxidation sites excluding steroid dienone is 3. The van der Waals surface area contributed by atoms with Gasteiger partial charge in [0.25, 0.3) is 5.91 Å². The Morgan fingerprint density at radius 2 is 2.32 bits per heavy atom. The second kappa shape index (κ2) is 6.42. The summed E-state index contributed by atoms with van der Waals surface area (Å²) in [6, 6.07) is 0.411. The molecular formula is C18H24N2O2. The van der Waals surface area contributed by atoms with Gasteiger partial charge in [0.15, 0.2) is 0 Å². The number of carbonyl (C=O) groups is 1. The maximum absolute atomic E-state index is 12.5. The Labute approximate surface area is 132 Å². The number of fused-ring (bicyclic) bond motifs is 1. The summed E-state index contributed by atoms with van der Waals surface area (Å²) < 4.78 is 5.41. The minimum Gasteiger partial charge on any atom is -0.496 e. The molecule has 22 heavy (non-hydrogen) atoms. The maximum atomic E-state index is 12.5. The van der Waals surface area contributed by atoms with E-state index in [0.717, 1.165) is 42.6 Å². The first-order valence-corrected chi connectivity index (χ1v) is 8.05. The zero-order chi connectivity index (χ0) is 15.5. The van der Waals surface area contributed by atoms with Gasteiger partial charge in [-0.25, -0.2) is 0 Å². The molecule has 0 aromatic rings. The SMILES string of the molecule is COC1=C(C(=O)NCC2=CN[C@H]3C=CCCC23)CCC=C1C. The average molecular weight is 300 g/mol. The van der Waals surface area contributed by atoms with Crippen molar-refractivity contribution in [3.05, 3.63) is 46.9 Å². The van der Waals surface area contributed by atoms with Crippen LogP contribution in [0.15, 0.2) is 46.9 Å². The zero-order valence-electron chi connectivity index (χ0n) is 13.3. The van der Waals surface area contributed by atoms with Gasteiger partial charge in [-0.15, -0.1) is 0 Å². The van der Waals surface area contributed by atoms with Crippen LogP contribution in [0.25, 0.3) is 0 Å². The molecule has 4 heteroatoms. The molecule has 0 saturated carbocycles. The number of hydrogen-bond acceptors (Lipinski definition) is 3. The van der Waals surface area contributed by atoms with Gasteiger partial charge in [-0.2, -0.15) is 0 Å². The first-order chi connectivity index (χ1) is 10.7. The number of amides is 1. The molecule has 0 saturated heterocycles. The lowest BCUT2D eigenvalue weighted by Crippen LogP contribution is -2.32. The summed E-state index contributed by atoms with van der Waals surface area (Å²) in [6.07, 6.45) is 12.6. The molecule has 2 atom stereocenters. The van der Waals surface area contributed by atoms with E-state index >= 15 is 0 Å². The standard InChI is InChI=1S/C18H24N2O2/c1-12-6-5-8-15(17(12)22-2)18(21)20-11-13-10-19-16-9-4-3-7-14(13)16/h4,6,9-10,14,16,19H,3,5,7-8,11H2,1-2H3,(H,20,21)/t14?,16-/m0/s1. The van der Waals surface area contributed by atoms with Crippen LogP contribution in [-0.2, 0) is 9.53 Å². The normalized spacial score (nSPS) is 26.8. The molecule has 2 N–H and O–H groups in total. The summed E-state index contributed by atoms with van der Waals surface area (Å²) in [5.41, 5.74) is 3.12. The molecule has 0 spiro atoms. The molecule has 3 rings (SSSR count). The third-order valence-corrected chi connectivity index (χ3v) is 4.77. The summed E-state index contributed by atoms with van der Waals surface area (Å²) in [6.45, 7) is 2.61. The van der Waals surface area contributed by atoms with E-state index in [4.69, 9.17) is 4.74 Å². The van der Waals surface area contributed by atoms with Gasteiger partial charge < -0.3 is 15.4 Å². The van der Waals surface area contributed by atoms with Crippen LogP contribution in [0.2, 0.25) is 0 Å². The van der Waals surface area contributed by atoms with Crippen molar-refractivity contribution in [3.8, 4) is 0 Å². The summed E-state index contributed by atoms with van der Waals surface area (Å²) in [4.78, 5) is 12.5. The van der Waals surface area contributed by atoms with Crippen molar-refractivity contribution in [3.63, 3.8) is 0 Å². The van der Waals surface area contributed by atoms with Crippen molar-refractivity contribution in [2.24, 2.45) is 5.92 Å². The highest BCUT2D eigenvalue weighted by Crippen LogP contribution is 2.30. The van der Waals surface area contributed by atoms with Crippen molar-refractivity contribution in [1.82, 2.24) is 10.6 Å². The van der Waals surface area contributed by atoms with Gasteiger partial charge >= 0.3 is 0 Å². The minimum absolute atomic E-state index is 0.00000142. The van der Waals surface area contributed by atoms with Crippen molar-refractivity contribution >= 4 is 5.91 Å². The van der Waals surface area contributed by atoms with E-state index in [0.29, 0.717) is 18.5 Å². The number of nitrogens with one attached hydrogen (secondary N) is 2. The minimum atomic E-state index is 0.00000142. The Bertz CT molecular complexity index is 584. The average Bonchev–Trinajstić information content (AvgIpc) is 2.95. The summed E-state index contributed by atoms with van der Waals surface area (Å²) in [5.74, 6) is 1.26. The molecule has 1 heterocycles. The predicted octanol–water partition coefficient (Wildman–Crippen LogP) is 2.57. The predicted molar refractivity (Wildman–Crippen MR) is 86.9 cm³/mol. The fraction of sp³-hybridized carbons (Fsp3) is 0.500. The van der Waals surface area contributed by atoms with Crippen LogP contribution in [-0.4, -0.2) is 25.6 Å². The van der Waals surface area contributed by atoms with E-state index in [-0.39, 0.29) is 5.91 Å². The highest BCUT2D eigenvalue weighted by Gasteiger charge is 2.29. The molecule has 1 amide bonds. The van der Waals surface area contributed by atoms with E-state index in [1.807, 2.05) is 6.92 Å². The van der Waals surface area contributed by atoms with Crippen LogP contribution in [0.1, 0.15) is 32.6 Å². The molecule has 0 aromatic carbocycles. The quantitative estimate of drug-likeness (QED) is 0.785. The van der Waals surface area contributed by atoms with Gasteiger partial charge in [0.2, 0.25) is 0 Å². The van der Waals surface area contributed by atoms with Gasteiger partial charge in [-0.05, 0) is 50.0 Å². The second-order valence-corrected chi connectivity index (χ2v) is 6.14. The zero-order valence-corrected chi connectivity index (χ0v) is 13.3. The highest BCUT2D eigenvalue weighted by atomic mass is 16.5. The monoisotopic (exact) mass is 300 g/mol. The Kier molecular flexibility index (Phi) is 4.36. The number of methoxy groups -OCH3 is 1. The molecule has 0 aromatic heterocycles. The fourth-order valence-electron chi connectivity index (χ4n) is 3.58. The molecule has 2 aliphatic carbocycles. The lowest BCUT2D eigenvalue weighted by atomic mass is 9.86. The summed E-state index contributed by atoms with van der Waals surface area (Å²) in [5, 5.41) is 6.47. The molecule has 0 fully saturated rings. The molecule has 1 aliphatic heterocycles. The highest BCUT2D eigenvalue weighted by molar-refractivity contribution is 5.95. The first-order valence-electron chi connectivity index (χ1n) is 8.05. The Morgan fingerprint density at radius 3 is 3.14 bits per heavy atom. The van der Waals surface area contributed by atoms with Crippen molar-refractivity contribution in [2.45, 2.75) is 38.6 Å². The Morgan fingerprint density at radius 1 is 1.45 bits per heavy atom. The van der Waals surface area contributed by atoms with Crippen LogP contribution < -0.4 is 10.6 Å². The van der Waals surface area contributed by atoms with Crippen LogP contribution in [0.4, 0.5) is 0 Å². The topological polar surface area (TPSA) is 50.4 Å². The number of hydrogen-bond donors (Lipinski definition) is 2. The first kappa shape index (κ1) is 14.9. The van der Waals surface area contributed by atoms with Gasteiger partial charge in [0.1, 0.15) is 5.76 Å². The third kappa shape index (κ3) is 2.82. The second-order valence-electron chi connectivity index (χ2n) is 6.14. The van der Waals surface area contributed by atoms with Crippen molar-refractivity contribution in [2.75, 3.05) is 13.7 Å². The number of carbonyl (C=O) groups excluding carboxylic acids is 1. The molecule has 0 radical (unpaired) electrons. The number of ether oxygens (including phenoxy) is 1. The van der Waals surface area contributed by atoms with Crippen LogP contribution >= 0.6 is 0 Å². The van der Waals surface area contributed by atoms with Crippen LogP contribution in [0, 0.1) is 5.92 Å². The van der Waals surface area contributed by atoms with E-state index in [9.17, 15) is 4.79 Å². The van der Waals surface area contributed by atoms with Gasteiger partial charge in [-0.1, -0.05) is 18.2 Å². The third-order valence-electron chi connectivity index (χ3n) is 4.77. The molecule has 118 valence electrons. The summed E-state index contributed by atoms with van der Waals surface area (Å²) in [7, 11) is 1.63. The fourth-order valence-corrected chi connectivity index (χ4v) is 3.58. The smallest absolute Gasteiger partial charge is 0.251 e. The molecule has 1 unspecified atom stereocenters. The lowest BCUT2D eigenvalue weighted by molar-refractivity contribution is -0.117. The molecule has 3 aliphatic rings. The van der Waals surface area contributed by atoms with Gasteiger partial charge in [-0.3, -0.25) is 4.79 Å². The van der Waals surface area contributed by atoms with E-state index < -0.39 is 0 Å². The van der Waals surface area contributed by atoms with E-state index in [1.54, 1.807) is 7.11 Å². The summed E-state index contributed by atoms with van der Waals surface area (Å²) >= 11 is 0. The lowest BCUT2D eigenvalue weighted by Gasteiger charge is -2.23. The van der Waals surface area contributed by atoms with Crippen molar-refractivity contribution < 1.29 is 9.53 Å². The van der Waals surface area contributed by atoms with E-state index in [2.05, 4.69) is 35.1 Å². The Hall–Kier alpha value is -1.97. The van der Waals surface area contributed by atoms with Crippen LogP contribution in [0.3, 0.4) is 0 Å². The van der Waals surface area contributed by atoms with Gasteiger partial charge in [0, 0.05) is 12.5 Å². The molecule has 0 bridgehead atoms. The number of rotatable bonds is 4. The molecular weight excluding hydrogens is 276 g/mol. The van der Waals surface area contributed by atoms with E-state index in [1.165, 1.54) is 5.57 Å². The Balaban J connectivity index is 1.63. The molecule has 4 nitrogen and oxygen atoms in total.